The minimum absolute atomic E-state index is 0.504. The molecule has 2 aliphatic rings. The van der Waals surface area contributed by atoms with E-state index < -0.39 is 6.23 Å². The molecule has 2 heterocycles. The average molecular weight is 147 g/mol. The number of hydrogen-bond donors (Lipinski definition) is 1. The third-order valence-corrected chi connectivity index (χ3v) is 1.76. The van der Waals surface area contributed by atoms with Crippen molar-refractivity contribution in [3.63, 3.8) is 0 Å². The van der Waals surface area contributed by atoms with Crippen LogP contribution in [0.1, 0.15) is 0 Å². The van der Waals surface area contributed by atoms with Crippen LogP contribution in [0.5, 0.6) is 0 Å². The third-order valence-electron chi connectivity index (χ3n) is 1.76. The van der Waals surface area contributed by atoms with Crippen molar-refractivity contribution in [1.29, 1.82) is 0 Å². The van der Waals surface area contributed by atoms with Crippen LogP contribution in [0.25, 0.3) is 0 Å². The van der Waals surface area contributed by atoms with Gasteiger partial charge in [0, 0.05) is 11.9 Å². The van der Waals surface area contributed by atoms with E-state index in [0.29, 0.717) is 0 Å². The number of allylic oxidation sites excluding steroid dienone is 5. The molecular weight excluding hydrogens is 138 g/mol. The largest absolute Gasteiger partial charge is 0.370 e. The number of nitrogens with zero attached hydrogens (tertiary/aromatic N) is 1. The predicted octanol–water partition coefficient (Wildman–Crippen LogP) is 1.14. The second-order valence-corrected chi connectivity index (χ2v) is 2.50. The molecule has 2 nitrogen and oxygen atoms in total. The standard InChI is InChI=1S/C9H9NO/c11-9-6-3-5-8-4-1-2-7-10(8)9/h1-7,9,11H. The highest BCUT2D eigenvalue weighted by Gasteiger charge is 2.14. The summed E-state index contributed by atoms with van der Waals surface area (Å²) in [6.45, 7) is 0. The fourth-order valence-corrected chi connectivity index (χ4v) is 1.20. The van der Waals surface area contributed by atoms with Crippen molar-refractivity contribution in [2.75, 3.05) is 0 Å². The Labute approximate surface area is 65.4 Å². The van der Waals surface area contributed by atoms with Gasteiger partial charge >= 0.3 is 0 Å². The Morgan fingerprint density at radius 3 is 3.00 bits per heavy atom. The van der Waals surface area contributed by atoms with E-state index in [1.165, 1.54) is 0 Å². The summed E-state index contributed by atoms with van der Waals surface area (Å²) < 4.78 is 0. The molecule has 2 aliphatic heterocycles. The second-order valence-electron chi connectivity index (χ2n) is 2.50. The molecule has 2 rings (SSSR count). The van der Waals surface area contributed by atoms with E-state index in [9.17, 15) is 5.11 Å². The Morgan fingerprint density at radius 1 is 1.27 bits per heavy atom. The molecule has 1 unspecified atom stereocenters. The summed E-state index contributed by atoms with van der Waals surface area (Å²) in [5.74, 6) is 0. The van der Waals surface area contributed by atoms with E-state index in [2.05, 4.69) is 0 Å². The van der Waals surface area contributed by atoms with Crippen LogP contribution in [-0.4, -0.2) is 16.2 Å². The molecule has 1 N–H and O–H groups in total. The van der Waals surface area contributed by atoms with E-state index in [-0.39, 0.29) is 0 Å². The van der Waals surface area contributed by atoms with Crippen LogP contribution in [0.3, 0.4) is 0 Å². The molecule has 0 radical (unpaired) electrons. The van der Waals surface area contributed by atoms with Gasteiger partial charge in [-0.1, -0.05) is 12.2 Å². The summed E-state index contributed by atoms with van der Waals surface area (Å²) >= 11 is 0. The van der Waals surface area contributed by atoms with Crippen molar-refractivity contribution in [1.82, 2.24) is 4.90 Å². The topological polar surface area (TPSA) is 23.5 Å². The highest BCUT2D eigenvalue weighted by atomic mass is 16.3. The molecule has 0 saturated heterocycles. The molecule has 56 valence electrons. The van der Waals surface area contributed by atoms with Crippen LogP contribution in [-0.2, 0) is 0 Å². The first-order valence-corrected chi connectivity index (χ1v) is 3.58. The first-order valence-electron chi connectivity index (χ1n) is 3.58. The fourth-order valence-electron chi connectivity index (χ4n) is 1.20. The second kappa shape index (κ2) is 2.40. The lowest BCUT2D eigenvalue weighted by Gasteiger charge is -2.28. The van der Waals surface area contributed by atoms with Gasteiger partial charge in [0.15, 0.2) is 0 Å². The first kappa shape index (κ1) is 6.43. The van der Waals surface area contributed by atoms with Gasteiger partial charge in [0.05, 0.1) is 0 Å². The summed E-state index contributed by atoms with van der Waals surface area (Å²) in [7, 11) is 0. The van der Waals surface area contributed by atoms with Crippen LogP contribution >= 0.6 is 0 Å². The van der Waals surface area contributed by atoms with Crippen LogP contribution in [0.4, 0.5) is 0 Å². The van der Waals surface area contributed by atoms with Gasteiger partial charge in [-0.05, 0) is 24.3 Å². The summed E-state index contributed by atoms with van der Waals surface area (Å²) in [5.41, 5.74) is 1.03. The quantitative estimate of drug-likeness (QED) is 0.555. The monoisotopic (exact) mass is 147 g/mol. The zero-order valence-electron chi connectivity index (χ0n) is 6.01. The molecule has 0 aromatic heterocycles. The molecular formula is C9H9NO. The summed E-state index contributed by atoms with van der Waals surface area (Å²) in [6, 6.07) is 0. The van der Waals surface area contributed by atoms with Gasteiger partial charge < -0.3 is 10.0 Å². The van der Waals surface area contributed by atoms with Gasteiger partial charge in [-0.25, -0.2) is 0 Å². The lowest BCUT2D eigenvalue weighted by atomic mass is 10.2. The summed E-state index contributed by atoms with van der Waals surface area (Å²) in [6.07, 6.45) is 12.7. The smallest absolute Gasteiger partial charge is 0.150 e. The van der Waals surface area contributed by atoms with Crippen LogP contribution < -0.4 is 0 Å². The van der Waals surface area contributed by atoms with Crippen molar-refractivity contribution in [3.05, 3.63) is 48.4 Å². The van der Waals surface area contributed by atoms with Crippen LogP contribution in [0.2, 0.25) is 0 Å². The maximum absolute atomic E-state index is 9.42. The molecule has 2 heteroatoms. The Kier molecular flexibility index (Phi) is 1.40. The number of rotatable bonds is 0. The minimum Gasteiger partial charge on any atom is -0.370 e. The highest BCUT2D eigenvalue weighted by molar-refractivity contribution is 5.34. The lowest BCUT2D eigenvalue weighted by Crippen LogP contribution is -2.29. The molecule has 0 saturated carbocycles. The van der Waals surface area contributed by atoms with Gasteiger partial charge in [0.2, 0.25) is 0 Å². The van der Waals surface area contributed by atoms with E-state index in [4.69, 9.17) is 0 Å². The maximum Gasteiger partial charge on any atom is 0.150 e. The Balaban J connectivity index is 2.35. The Bertz CT molecular complexity index is 273. The zero-order valence-corrected chi connectivity index (χ0v) is 6.01. The average Bonchev–Trinajstić information content (AvgIpc) is 2.06. The molecule has 11 heavy (non-hydrogen) atoms. The predicted molar refractivity (Wildman–Crippen MR) is 43.3 cm³/mol. The SMILES string of the molecule is OC1C=CC=C2C=CC=CN21. The van der Waals surface area contributed by atoms with E-state index >= 15 is 0 Å². The van der Waals surface area contributed by atoms with Crippen LogP contribution in [0.15, 0.2) is 48.4 Å². The fraction of sp³-hybridized carbons (Fsp3) is 0.111. The van der Waals surface area contributed by atoms with Crippen molar-refractivity contribution in [3.8, 4) is 0 Å². The van der Waals surface area contributed by atoms with Crippen molar-refractivity contribution >= 4 is 0 Å². The molecule has 0 bridgehead atoms. The van der Waals surface area contributed by atoms with Crippen molar-refractivity contribution in [2.45, 2.75) is 6.23 Å². The molecule has 0 fully saturated rings. The number of aliphatic hydroxyl groups is 1. The summed E-state index contributed by atoms with van der Waals surface area (Å²) in [5, 5.41) is 9.42. The molecule has 0 amide bonds. The Hall–Kier alpha value is -1.28. The normalized spacial score (nSPS) is 26.8. The minimum atomic E-state index is -0.504. The molecule has 0 aliphatic carbocycles. The molecule has 1 atom stereocenters. The Morgan fingerprint density at radius 2 is 2.18 bits per heavy atom. The number of fused-ring (bicyclic) bond motifs is 1. The first-order chi connectivity index (χ1) is 5.38. The van der Waals surface area contributed by atoms with Gasteiger partial charge in [-0.2, -0.15) is 0 Å². The van der Waals surface area contributed by atoms with Gasteiger partial charge in [0.1, 0.15) is 6.23 Å². The number of aliphatic hydroxyl groups excluding tert-OH is 1. The lowest BCUT2D eigenvalue weighted by molar-refractivity contribution is 0.104. The van der Waals surface area contributed by atoms with Crippen LogP contribution in [0, 0.1) is 0 Å². The van der Waals surface area contributed by atoms with E-state index in [0.717, 1.165) is 5.70 Å². The van der Waals surface area contributed by atoms with Gasteiger partial charge in [-0.15, -0.1) is 0 Å². The van der Waals surface area contributed by atoms with E-state index in [1.54, 1.807) is 11.0 Å². The maximum atomic E-state index is 9.42. The van der Waals surface area contributed by atoms with Crippen molar-refractivity contribution < 1.29 is 5.11 Å². The number of hydrogen-bond acceptors (Lipinski definition) is 2. The van der Waals surface area contributed by atoms with Crippen molar-refractivity contribution in [2.24, 2.45) is 0 Å². The highest BCUT2D eigenvalue weighted by Crippen LogP contribution is 2.18. The van der Waals surface area contributed by atoms with Gasteiger partial charge in [0.25, 0.3) is 0 Å². The van der Waals surface area contributed by atoms with E-state index in [1.807, 2.05) is 36.6 Å². The summed E-state index contributed by atoms with van der Waals surface area (Å²) in [4.78, 5) is 1.81. The zero-order chi connectivity index (χ0) is 7.68. The van der Waals surface area contributed by atoms with Gasteiger partial charge in [-0.3, -0.25) is 0 Å². The molecule has 0 spiro atoms. The third kappa shape index (κ3) is 1.01. The molecule has 0 aromatic rings. The molecule has 0 aromatic carbocycles.